The van der Waals surface area contributed by atoms with Crippen LogP contribution >= 0.6 is 11.3 Å². The van der Waals surface area contributed by atoms with Crippen molar-refractivity contribution in [3.05, 3.63) is 99.6 Å². The third-order valence-electron chi connectivity index (χ3n) is 4.99. The molecule has 1 fully saturated rings. The molecule has 1 N–H and O–H groups in total. The third-order valence-corrected chi connectivity index (χ3v) is 5.76. The molecule has 0 spiro atoms. The number of Topliss-reactive ketones (excluding diaryl/α,β-unsaturated/α-hetero) is 1. The number of aliphatic hydroxyl groups excluding tert-OH is 1. The van der Waals surface area contributed by atoms with Crippen LogP contribution in [0, 0.1) is 10.1 Å². The van der Waals surface area contributed by atoms with E-state index in [9.17, 15) is 24.8 Å². The molecule has 1 atom stereocenters. The minimum absolute atomic E-state index is 0.135. The van der Waals surface area contributed by atoms with Crippen LogP contribution in [0.3, 0.4) is 0 Å². The van der Waals surface area contributed by atoms with Crippen molar-refractivity contribution < 1.29 is 24.4 Å². The molecular formula is C23H17N3O6S. The summed E-state index contributed by atoms with van der Waals surface area (Å²) in [5.41, 5.74) is 0.455. The van der Waals surface area contributed by atoms with E-state index in [1.54, 1.807) is 35.7 Å². The summed E-state index contributed by atoms with van der Waals surface area (Å²) in [6.07, 6.45) is 3.09. The summed E-state index contributed by atoms with van der Waals surface area (Å²) in [6.45, 7) is 3.89. The number of ether oxygens (including phenoxy) is 1. The molecule has 4 rings (SSSR count). The normalized spacial score (nSPS) is 17.2. The number of carbonyl (C=O) groups is 2. The lowest BCUT2D eigenvalue weighted by Crippen LogP contribution is -2.29. The number of nitrogens with zero attached hydrogens (tertiary/aromatic N) is 3. The van der Waals surface area contributed by atoms with Crippen LogP contribution in [0.15, 0.2) is 78.3 Å². The Morgan fingerprint density at radius 2 is 1.91 bits per heavy atom. The molecule has 2 heterocycles. The van der Waals surface area contributed by atoms with E-state index in [0.717, 1.165) is 11.3 Å². The second-order valence-corrected chi connectivity index (χ2v) is 7.83. The monoisotopic (exact) mass is 463 g/mol. The first-order valence-corrected chi connectivity index (χ1v) is 10.6. The fourth-order valence-corrected chi connectivity index (χ4v) is 4.15. The highest BCUT2D eigenvalue weighted by Crippen LogP contribution is 2.43. The fraction of sp³-hybridized carbons (Fsp3) is 0.0870. The molecule has 33 heavy (non-hydrogen) atoms. The molecule has 1 aliphatic rings. The van der Waals surface area contributed by atoms with Crippen LogP contribution in [0.2, 0.25) is 0 Å². The van der Waals surface area contributed by atoms with E-state index < -0.39 is 22.7 Å². The molecule has 0 aliphatic carbocycles. The van der Waals surface area contributed by atoms with E-state index >= 15 is 0 Å². The zero-order valence-electron chi connectivity index (χ0n) is 17.1. The van der Waals surface area contributed by atoms with Crippen LogP contribution in [0.4, 0.5) is 10.8 Å². The van der Waals surface area contributed by atoms with Crippen molar-refractivity contribution in [2.45, 2.75) is 6.04 Å². The molecule has 1 aromatic heterocycles. The van der Waals surface area contributed by atoms with Crippen molar-refractivity contribution in [2.75, 3.05) is 11.5 Å². The Kier molecular flexibility index (Phi) is 6.01. The number of benzene rings is 2. The van der Waals surface area contributed by atoms with Gasteiger partial charge in [0.05, 0.1) is 16.5 Å². The SMILES string of the molecule is C=CCOc1ccc(/C(O)=C2\C(=O)C(=O)N(c3nccs3)[C@H]2c2ccc([N+](=O)[O-])cc2)cc1. The maximum Gasteiger partial charge on any atom is 0.301 e. The molecule has 2 aromatic carbocycles. The van der Waals surface area contributed by atoms with Crippen LogP contribution < -0.4 is 9.64 Å². The summed E-state index contributed by atoms with van der Waals surface area (Å²) < 4.78 is 5.43. The standard InChI is InChI=1S/C23H17N3O6S/c1-2-12-32-17-9-5-15(6-10-17)20(27)18-19(14-3-7-16(8-4-14)26(30)31)25(22(29)21(18)28)23-24-11-13-33-23/h2-11,13,19,27H,1,12H2/b20-18+/t19-/m0/s1. The summed E-state index contributed by atoms with van der Waals surface area (Å²) in [7, 11) is 0. The molecule has 1 amide bonds. The molecule has 9 nitrogen and oxygen atoms in total. The maximum absolute atomic E-state index is 13.0. The quantitative estimate of drug-likeness (QED) is 0.139. The number of aromatic nitrogens is 1. The average molecular weight is 463 g/mol. The number of ketones is 1. The largest absolute Gasteiger partial charge is 0.507 e. The van der Waals surface area contributed by atoms with Crippen molar-refractivity contribution in [1.82, 2.24) is 4.98 Å². The highest BCUT2D eigenvalue weighted by Gasteiger charge is 2.48. The Balaban J connectivity index is 1.83. The fourth-order valence-electron chi connectivity index (χ4n) is 3.48. The van der Waals surface area contributed by atoms with Gasteiger partial charge in [-0.1, -0.05) is 12.7 Å². The van der Waals surface area contributed by atoms with Gasteiger partial charge < -0.3 is 9.84 Å². The Hall–Kier alpha value is -4.31. The van der Waals surface area contributed by atoms with Gasteiger partial charge in [0, 0.05) is 29.3 Å². The Bertz CT molecular complexity index is 1250. The van der Waals surface area contributed by atoms with Crippen LogP contribution in [-0.4, -0.2) is 33.3 Å². The number of hydrogen-bond acceptors (Lipinski definition) is 8. The lowest BCUT2D eigenvalue weighted by Gasteiger charge is -2.22. The summed E-state index contributed by atoms with van der Waals surface area (Å²) in [5, 5.41) is 24.0. The molecular weight excluding hydrogens is 446 g/mol. The molecule has 0 saturated carbocycles. The van der Waals surface area contributed by atoms with E-state index in [2.05, 4.69) is 11.6 Å². The summed E-state index contributed by atoms with van der Waals surface area (Å²) in [4.78, 5) is 41.8. The number of nitro benzene ring substituents is 1. The first-order chi connectivity index (χ1) is 15.9. The van der Waals surface area contributed by atoms with Gasteiger partial charge in [-0.15, -0.1) is 11.3 Å². The first-order valence-electron chi connectivity index (χ1n) is 9.71. The summed E-state index contributed by atoms with van der Waals surface area (Å²) in [6, 6.07) is 10.8. The topological polar surface area (TPSA) is 123 Å². The van der Waals surface area contributed by atoms with E-state index in [-0.39, 0.29) is 22.2 Å². The summed E-state index contributed by atoms with van der Waals surface area (Å²) in [5.74, 6) is -1.55. The van der Waals surface area contributed by atoms with Gasteiger partial charge in [0.2, 0.25) is 0 Å². The number of thiazole rings is 1. The van der Waals surface area contributed by atoms with Crippen LogP contribution in [0.1, 0.15) is 17.2 Å². The lowest BCUT2D eigenvalue weighted by atomic mass is 9.95. The lowest BCUT2D eigenvalue weighted by molar-refractivity contribution is -0.384. The van der Waals surface area contributed by atoms with E-state index in [1.807, 2.05) is 0 Å². The van der Waals surface area contributed by atoms with Crippen molar-refractivity contribution in [3.63, 3.8) is 0 Å². The number of amides is 1. The van der Waals surface area contributed by atoms with E-state index in [4.69, 9.17) is 4.74 Å². The number of hydrogen-bond donors (Lipinski definition) is 1. The molecule has 0 unspecified atom stereocenters. The molecule has 1 aliphatic heterocycles. The van der Waals surface area contributed by atoms with Gasteiger partial charge in [-0.05, 0) is 42.0 Å². The van der Waals surface area contributed by atoms with Gasteiger partial charge in [0.15, 0.2) is 5.13 Å². The maximum atomic E-state index is 13.0. The highest BCUT2D eigenvalue weighted by atomic mass is 32.1. The number of rotatable bonds is 7. The molecule has 1 saturated heterocycles. The van der Waals surface area contributed by atoms with Crippen LogP contribution in [0.25, 0.3) is 5.76 Å². The van der Waals surface area contributed by atoms with Crippen LogP contribution in [0.5, 0.6) is 5.75 Å². The number of carbonyl (C=O) groups excluding carboxylic acids is 2. The van der Waals surface area contributed by atoms with Gasteiger partial charge in [-0.2, -0.15) is 0 Å². The number of aliphatic hydroxyl groups is 1. The highest BCUT2D eigenvalue weighted by molar-refractivity contribution is 7.14. The number of anilines is 1. The second-order valence-electron chi connectivity index (χ2n) is 6.96. The van der Waals surface area contributed by atoms with Gasteiger partial charge in [0.1, 0.15) is 18.1 Å². The molecule has 166 valence electrons. The third kappa shape index (κ3) is 4.11. The van der Waals surface area contributed by atoms with Gasteiger partial charge >= 0.3 is 5.91 Å². The Labute approximate surface area is 192 Å². The second kappa shape index (κ2) is 9.05. The minimum Gasteiger partial charge on any atom is -0.507 e. The average Bonchev–Trinajstić information content (AvgIpc) is 3.44. The zero-order chi connectivity index (χ0) is 23.5. The van der Waals surface area contributed by atoms with Gasteiger partial charge in [-0.3, -0.25) is 24.6 Å². The minimum atomic E-state index is -1.01. The van der Waals surface area contributed by atoms with Crippen molar-refractivity contribution in [1.29, 1.82) is 0 Å². The Morgan fingerprint density at radius 1 is 1.21 bits per heavy atom. The number of nitro groups is 1. The van der Waals surface area contributed by atoms with Crippen molar-refractivity contribution >= 4 is 39.6 Å². The van der Waals surface area contributed by atoms with Gasteiger partial charge in [0.25, 0.3) is 11.5 Å². The van der Waals surface area contributed by atoms with Gasteiger partial charge in [-0.25, -0.2) is 4.98 Å². The van der Waals surface area contributed by atoms with E-state index in [1.165, 1.54) is 35.4 Å². The summed E-state index contributed by atoms with van der Waals surface area (Å²) >= 11 is 1.16. The predicted octanol–water partition coefficient (Wildman–Crippen LogP) is 4.24. The molecule has 10 heteroatoms. The number of non-ortho nitro benzene ring substituents is 1. The molecule has 0 radical (unpaired) electrons. The predicted molar refractivity (Wildman–Crippen MR) is 122 cm³/mol. The zero-order valence-corrected chi connectivity index (χ0v) is 17.9. The molecule has 3 aromatic rings. The Morgan fingerprint density at radius 3 is 2.48 bits per heavy atom. The van der Waals surface area contributed by atoms with Crippen molar-refractivity contribution in [2.24, 2.45) is 0 Å². The first kappa shape index (κ1) is 21.9. The smallest absolute Gasteiger partial charge is 0.301 e. The van der Waals surface area contributed by atoms with E-state index in [0.29, 0.717) is 23.5 Å². The van der Waals surface area contributed by atoms with Crippen LogP contribution in [-0.2, 0) is 9.59 Å². The van der Waals surface area contributed by atoms with Crippen molar-refractivity contribution in [3.8, 4) is 5.75 Å². The molecule has 0 bridgehead atoms.